The van der Waals surface area contributed by atoms with Gasteiger partial charge in [0.25, 0.3) is 5.91 Å². The maximum atomic E-state index is 12.7. The van der Waals surface area contributed by atoms with E-state index in [2.05, 4.69) is 5.32 Å². The van der Waals surface area contributed by atoms with E-state index in [1.807, 2.05) is 39.0 Å². The van der Waals surface area contributed by atoms with Crippen molar-refractivity contribution in [3.05, 3.63) is 69.6 Å². The van der Waals surface area contributed by atoms with Crippen molar-refractivity contribution in [3.63, 3.8) is 0 Å². The quantitative estimate of drug-likeness (QED) is 0.729. The molecule has 0 atom stereocenters. The first kappa shape index (κ1) is 16.8. The molecule has 0 unspecified atom stereocenters. The molecule has 3 aromatic rings. The van der Waals surface area contributed by atoms with Crippen LogP contribution in [-0.2, 0) is 0 Å². The molecule has 0 saturated carbocycles. The highest BCUT2D eigenvalue weighted by atomic mass is 16.5. The Kier molecular flexibility index (Phi) is 4.57. The maximum Gasteiger partial charge on any atom is 0.337 e. The summed E-state index contributed by atoms with van der Waals surface area (Å²) in [6, 6.07) is 12.0. The Morgan fingerprint density at radius 1 is 1.16 bits per heavy atom. The van der Waals surface area contributed by atoms with Gasteiger partial charge in [-0.05, 0) is 50.1 Å². The normalized spacial score (nSPS) is 10.7. The molecule has 0 spiro atoms. The standard InChI is InChI=1S/C20H19NO4/c1-4-24-14-8-9-15-16(11-19(22)25-18(15)10-14)20(23)21-17-7-5-6-12(2)13(17)3/h5-11H,4H2,1-3H3,(H,21,23). The van der Waals surface area contributed by atoms with Crippen LogP contribution in [-0.4, -0.2) is 12.5 Å². The molecule has 1 aromatic heterocycles. The number of benzene rings is 2. The third-order valence-electron chi connectivity index (χ3n) is 4.12. The Morgan fingerprint density at radius 2 is 1.96 bits per heavy atom. The fourth-order valence-electron chi connectivity index (χ4n) is 2.66. The number of fused-ring (bicyclic) bond motifs is 1. The zero-order valence-corrected chi connectivity index (χ0v) is 14.4. The highest BCUT2D eigenvalue weighted by molar-refractivity contribution is 6.12. The average Bonchev–Trinajstić information content (AvgIpc) is 2.58. The van der Waals surface area contributed by atoms with E-state index >= 15 is 0 Å². The maximum absolute atomic E-state index is 12.7. The summed E-state index contributed by atoms with van der Waals surface area (Å²) in [6.07, 6.45) is 0. The lowest BCUT2D eigenvalue weighted by Crippen LogP contribution is -2.16. The number of aryl methyl sites for hydroxylation is 1. The summed E-state index contributed by atoms with van der Waals surface area (Å²) in [5.74, 6) is 0.237. The second kappa shape index (κ2) is 6.81. The van der Waals surface area contributed by atoms with Gasteiger partial charge < -0.3 is 14.5 Å². The number of hydrogen-bond donors (Lipinski definition) is 1. The van der Waals surface area contributed by atoms with Gasteiger partial charge in [-0.2, -0.15) is 0 Å². The Balaban J connectivity index is 2.03. The number of carbonyl (C=O) groups is 1. The first-order chi connectivity index (χ1) is 12.0. The minimum absolute atomic E-state index is 0.273. The fourth-order valence-corrected chi connectivity index (χ4v) is 2.66. The third-order valence-corrected chi connectivity index (χ3v) is 4.12. The molecule has 1 N–H and O–H groups in total. The van der Waals surface area contributed by atoms with Crippen LogP contribution in [0.15, 0.2) is 51.7 Å². The molecule has 5 heteroatoms. The van der Waals surface area contributed by atoms with Crippen molar-refractivity contribution in [2.75, 3.05) is 11.9 Å². The van der Waals surface area contributed by atoms with Gasteiger partial charge in [-0.25, -0.2) is 4.79 Å². The highest BCUT2D eigenvalue weighted by Crippen LogP contribution is 2.24. The molecule has 0 fully saturated rings. The highest BCUT2D eigenvalue weighted by Gasteiger charge is 2.15. The van der Waals surface area contributed by atoms with Gasteiger partial charge in [0.15, 0.2) is 0 Å². The molecular weight excluding hydrogens is 318 g/mol. The van der Waals surface area contributed by atoms with Crippen LogP contribution >= 0.6 is 0 Å². The first-order valence-electron chi connectivity index (χ1n) is 8.08. The largest absolute Gasteiger partial charge is 0.494 e. The lowest BCUT2D eigenvalue weighted by molar-refractivity contribution is 0.102. The van der Waals surface area contributed by atoms with Gasteiger partial charge >= 0.3 is 5.63 Å². The molecule has 0 aliphatic heterocycles. The van der Waals surface area contributed by atoms with Crippen molar-refractivity contribution < 1.29 is 13.9 Å². The lowest BCUT2D eigenvalue weighted by Gasteiger charge is -2.11. The van der Waals surface area contributed by atoms with Gasteiger partial charge in [-0.1, -0.05) is 12.1 Å². The van der Waals surface area contributed by atoms with Gasteiger partial charge in [0.2, 0.25) is 0 Å². The molecule has 1 amide bonds. The zero-order valence-electron chi connectivity index (χ0n) is 14.4. The van der Waals surface area contributed by atoms with E-state index < -0.39 is 5.63 Å². The predicted molar refractivity (Wildman–Crippen MR) is 97.5 cm³/mol. The number of rotatable bonds is 4. The molecule has 3 rings (SSSR count). The Labute approximate surface area is 145 Å². The average molecular weight is 337 g/mol. The van der Waals surface area contributed by atoms with Crippen LogP contribution in [0, 0.1) is 13.8 Å². The Hall–Kier alpha value is -3.08. The van der Waals surface area contributed by atoms with Crippen LogP contribution in [0.1, 0.15) is 28.4 Å². The topological polar surface area (TPSA) is 68.5 Å². The van der Waals surface area contributed by atoms with Gasteiger partial charge in [0.1, 0.15) is 11.3 Å². The summed E-state index contributed by atoms with van der Waals surface area (Å²) in [7, 11) is 0. The molecule has 0 radical (unpaired) electrons. The second-order valence-corrected chi connectivity index (χ2v) is 5.77. The first-order valence-corrected chi connectivity index (χ1v) is 8.08. The number of hydrogen-bond acceptors (Lipinski definition) is 4. The number of nitrogens with one attached hydrogen (secondary N) is 1. The zero-order chi connectivity index (χ0) is 18.0. The molecule has 128 valence electrons. The lowest BCUT2D eigenvalue weighted by atomic mass is 10.1. The minimum Gasteiger partial charge on any atom is -0.494 e. The third kappa shape index (κ3) is 3.40. The summed E-state index contributed by atoms with van der Waals surface area (Å²) in [4.78, 5) is 24.6. The fraction of sp³-hybridized carbons (Fsp3) is 0.200. The molecule has 1 heterocycles. The minimum atomic E-state index is -0.577. The molecule has 25 heavy (non-hydrogen) atoms. The molecule has 0 saturated heterocycles. The number of amides is 1. The van der Waals surface area contributed by atoms with Crippen LogP contribution in [0.5, 0.6) is 5.75 Å². The smallest absolute Gasteiger partial charge is 0.337 e. The second-order valence-electron chi connectivity index (χ2n) is 5.77. The number of anilines is 1. The van der Waals surface area contributed by atoms with Gasteiger partial charge in [-0.3, -0.25) is 4.79 Å². The SMILES string of the molecule is CCOc1ccc2c(C(=O)Nc3cccc(C)c3C)cc(=O)oc2c1. The van der Waals surface area contributed by atoms with Gasteiger partial charge in [0.05, 0.1) is 12.2 Å². The van der Waals surface area contributed by atoms with E-state index in [0.29, 0.717) is 23.3 Å². The van der Waals surface area contributed by atoms with E-state index in [1.165, 1.54) is 6.07 Å². The molecule has 2 aromatic carbocycles. The van der Waals surface area contributed by atoms with E-state index in [4.69, 9.17) is 9.15 Å². The van der Waals surface area contributed by atoms with Crippen molar-refractivity contribution >= 4 is 22.6 Å². The van der Waals surface area contributed by atoms with Crippen molar-refractivity contribution in [2.24, 2.45) is 0 Å². The molecular formula is C20H19NO4. The molecule has 0 aliphatic rings. The molecule has 5 nitrogen and oxygen atoms in total. The Bertz CT molecular complexity index is 1000. The van der Waals surface area contributed by atoms with Crippen LogP contribution in [0.2, 0.25) is 0 Å². The van der Waals surface area contributed by atoms with Crippen molar-refractivity contribution in [1.29, 1.82) is 0 Å². The van der Waals surface area contributed by atoms with Crippen molar-refractivity contribution in [3.8, 4) is 5.75 Å². The van der Waals surface area contributed by atoms with Crippen LogP contribution in [0.4, 0.5) is 5.69 Å². The summed E-state index contributed by atoms with van der Waals surface area (Å²) < 4.78 is 10.6. The summed E-state index contributed by atoms with van der Waals surface area (Å²) >= 11 is 0. The van der Waals surface area contributed by atoms with E-state index in [-0.39, 0.29) is 11.5 Å². The monoisotopic (exact) mass is 337 g/mol. The molecule has 0 aliphatic carbocycles. The van der Waals surface area contributed by atoms with E-state index in [9.17, 15) is 9.59 Å². The van der Waals surface area contributed by atoms with Crippen molar-refractivity contribution in [2.45, 2.75) is 20.8 Å². The van der Waals surface area contributed by atoms with Crippen molar-refractivity contribution in [1.82, 2.24) is 0 Å². The number of ether oxygens (including phenoxy) is 1. The summed E-state index contributed by atoms with van der Waals surface area (Å²) in [5.41, 5.74) is 2.81. The van der Waals surface area contributed by atoms with Crippen LogP contribution in [0.25, 0.3) is 11.0 Å². The van der Waals surface area contributed by atoms with Gasteiger partial charge in [0, 0.05) is 23.2 Å². The Morgan fingerprint density at radius 3 is 2.72 bits per heavy atom. The predicted octanol–water partition coefficient (Wildman–Crippen LogP) is 4.06. The van der Waals surface area contributed by atoms with Crippen LogP contribution < -0.4 is 15.7 Å². The van der Waals surface area contributed by atoms with Crippen LogP contribution in [0.3, 0.4) is 0 Å². The van der Waals surface area contributed by atoms with E-state index in [0.717, 1.165) is 16.8 Å². The van der Waals surface area contributed by atoms with Gasteiger partial charge in [-0.15, -0.1) is 0 Å². The van der Waals surface area contributed by atoms with E-state index in [1.54, 1.807) is 18.2 Å². The molecule has 0 bridgehead atoms. The summed E-state index contributed by atoms with van der Waals surface area (Å²) in [6.45, 7) is 6.29. The number of carbonyl (C=O) groups excluding carboxylic acids is 1. The summed E-state index contributed by atoms with van der Waals surface area (Å²) in [5, 5.41) is 3.44.